The molecule has 5 heteroatoms. The monoisotopic (exact) mass is 371 g/mol. The van der Waals surface area contributed by atoms with Gasteiger partial charge in [0.25, 0.3) is 0 Å². The molecule has 2 heterocycles. The molecule has 0 spiro atoms. The fourth-order valence-corrected chi connectivity index (χ4v) is 1.79. The third kappa shape index (κ3) is 1.35. The Hall–Kier alpha value is 0.0800. The van der Waals surface area contributed by atoms with Gasteiger partial charge < -0.3 is 0 Å². The minimum Gasteiger partial charge on any atom is -0.269 e. The molecule has 0 amide bonds. The van der Waals surface area contributed by atoms with Crippen molar-refractivity contribution in [3.63, 3.8) is 0 Å². The van der Waals surface area contributed by atoms with Crippen LogP contribution < -0.4 is 0 Å². The maximum absolute atomic E-state index is 4.24. The Morgan fingerprint density at radius 3 is 2.91 bits per heavy atom. The Kier molecular flexibility index (Phi) is 2.00. The Morgan fingerprint density at radius 2 is 2.09 bits per heavy atom. The van der Waals surface area contributed by atoms with Crippen molar-refractivity contribution in [2.45, 2.75) is 0 Å². The van der Waals surface area contributed by atoms with Crippen molar-refractivity contribution in [2.24, 2.45) is 0 Å². The highest BCUT2D eigenvalue weighted by Gasteiger charge is 2.02. The fraction of sp³-hybridized carbons (Fsp3) is 0. The Balaban J connectivity index is 2.86. The number of aromatic amines is 1. The van der Waals surface area contributed by atoms with E-state index in [1.54, 1.807) is 0 Å². The first-order valence-corrected chi connectivity index (χ1v) is 5.09. The molecular weight excluding hydrogens is 368 g/mol. The molecule has 0 fully saturated rings. The number of hydrogen-bond donors (Lipinski definition) is 1. The summed E-state index contributed by atoms with van der Waals surface area (Å²) in [4.78, 5) is 4.24. The van der Waals surface area contributed by atoms with Crippen LogP contribution in [0.2, 0.25) is 0 Å². The van der Waals surface area contributed by atoms with Gasteiger partial charge in [-0.2, -0.15) is 5.10 Å². The molecule has 0 aliphatic heterocycles. The average molecular weight is 371 g/mol. The van der Waals surface area contributed by atoms with Crippen LogP contribution >= 0.6 is 45.2 Å². The molecule has 2 rings (SSSR count). The lowest BCUT2D eigenvalue weighted by molar-refractivity contribution is 1.07. The first-order valence-electron chi connectivity index (χ1n) is 2.93. The van der Waals surface area contributed by atoms with Crippen LogP contribution in [-0.2, 0) is 0 Å². The van der Waals surface area contributed by atoms with Gasteiger partial charge in [0.05, 0.1) is 5.39 Å². The molecule has 11 heavy (non-hydrogen) atoms. The van der Waals surface area contributed by atoms with Gasteiger partial charge in [-0.25, -0.2) is 4.98 Å². The second-order valence-corrected chi connectivity index (χ2v) is 4.23. The SMILES string of the molecule is Ic1ccc2c(I)[nH]nc2n1. The normalized spacial score (nSPS) is 10.7. The molecule has 0 aliphatic carbocycles. The molecule has 56 valence electrons. The first-order chi connectivity index (χ1) is 5.27. The summed E-state index contributed by atoms with van der Waals surface area (Å²) in [5.41, 5.74) is 0.793. The molecule has 3 nitrogen and oxygen atoms in total. The van der Waals surface area contributed by atoms with Crippen LogP contribution in [0.5, 0.6) is 0 Å². The van der Waals surface area contributed by atoms with Crippen LogP contribution in [0.3, 0.4) is 0 Å². The molecule has 0 radical (unpaired) electrons. The summed E-state index contributed by atoms with van der Waals surface area (Å²) in [6, 6.07) is 4.00. The molecule has 0 saturated carbocycles. The van der Waals surface area contributed by atoms with Gasteiger partial charge >= 0.3 is 0 Å². The van der Waals surface area contributed by atoms with E-state index >= 15 is 0 Å². The van der Waals surface area contributed by atoms with E-state index < -0.39 is 0 Å². The van der Waals surface area contributed by atoms with Gasteiger partial charge in [-0.05, 0) is 57.3 Å². The van der Waals surface area contributed by atoms with E-state index in [9.17, 15) is 0 Å². The summed E-state index contributed by atoms with van der Waals surface area (Å²) in [5, 5.41) is 7.99. The van der Waals surface area contributed by atoms with Crippen LogP contribution in [0.15, 0.2) is 12.1 Å². The van der Waals surface area contributed by atoms with Gasteiger partial charge in [0.1, 0.15) is 7.40 Å². The zero-order chi connectivity index (χ0) is 7.84. The lowest BCUT2D eigenvalue weighted by atomic mass is 10.4. The third-order valence-corrected chi connectivity index (χ3v) is 2.76. The molecule has 0 bridgehead atoms. The van der Waals surface area contributed by atoms with Crippen molar-refractivity contribution < 1.29 is 0 Å². The van der Waals surface area contributed by atoms with Crippen molar-refractivity contribution >= 4 is 56.2 Å². The van der Waals surface area contributed by atoms with Crippen molar-refractivity contribution in [1.29, 1.82) is 0 Å². The molecule has 0 aromatic carbocycles. The second kappa shape index (κ2) is 2.85. The predicted octanol–water partition coefficient (Wildman–Crippen LogP) is 2.17. The number of halogens is 2. The highest BCUT2D eigenvalue weighted by Crippen LogP contribution is 2.16. The van der Waals surface area contributed by atoms with Crippen molar-refractivity contribution in [1.82, 2.24) is 15.2 Å². The van der Waals surface area contributed by atoms with Crippen LogP contribution in [0, 0.1) is 7.40 Å². The molecule has 2 aromatic rings. The van der Waals surface area contributed by atoms with E-state index in [-0.39, 0.29) is 0 Å². The summed E-state index contributed by atoms with van der Waals surface area (Å²) in [6.07, 6.45) is 0. The van der Waals surface area contributed by atoms with Crippen molar-refractivity contribution in [3.8, 4) is 0 Å². The van der Waals surface area contributed by atoms with E-state index in [2.05, 4.69) is 60.4 Å². The number of fused-ring (bicyclic) bond motifs is 1. The quantitative estimate of drug-likeness (QED) is 0.570. The average Bonchev–Trinajstić information content (AvgIpc) is 2.32. The zero-order valence-electron chi connectivity index (χ0n) is 5.31. The lowest BCUT2D eigenvalue weighted by Gasteiger charge is -1.87. The highest BCUT2D eigenvalue weighted by atomic mass is 127. The summed E-state index contributed by atoms with van der Waals surface area (Å²) in [5.74, 6) is 0. The van der Waals surface area contributed by atoms with E-state index in [1.807, 2.05) is 12.1 Å². The number of rotatable bonds is 0. The smallest absolute Gasteiger partial charge is 0.183 e. The van der Waals surface area contributed by atoms with E-state index in [1.165, 1.54) is 0 Å². The lowest BCUT2D eigenvalue weighted by Crippen LogP contribution is -1.79. The highest BCUT2D eigenvalue weighted by molar-refractivity contribution is 14.1. The minimum atomic E-state index is 0.793. The molecule has 0 unspecified atom stereocenters. The van der Waals surface area contributed by atoms with E-state index in [0.717, 1.165) is 18.4 Å². The molecular formula is C6H3I2N3. The van der Waals surface area contributed by atoms with Crippen LogP contribution in [0.1, 0.15) is 0 Å². The first kappa shape index (κ1) is 7.71. The Bertz CT molecular complexity index is 396. The van der Waals surface area contributed by atoms with E-state index in [4.69, 9.17) is 0 Å². The third-order valence-electron chi connectivity index (χ3n) is 1.34. The maximum Gasteiger partial charge on any atom is 0.183 e. The minimum absolute atomic E-state index is 0.793. The van der Waals surface area contributed by atoms with Crippen LogP contribution in [0.4, 0.5) is 0 Å². The summed E-state index contributed by atoms with van der Waals surface area (Å²) in [6.45, 7) is 0. The van der Waals surface area contributed by atoms with Crippen molar-refractivity contribution in [3.05, 3.63) is 19.5 Å². The van der Waals surface area contributed by atoms with Gasteiger partial charge in [0, 0.05) is 0 Å². The zero-order valence-corrected chi connectivity index (χ0v) is 9.62. The fourth-order valence-electron chi connectivity index (χ4n) is 0.844. The number of nitrogens with zero attached hydrogens (tertiary/aromatic N) is 2. The maximum atomic E-state index is 4.24. The van der Waals surface area contributed by atoms with Crippen LogP contribution in [-0.4, -0.2) is 15.2 Å². The number of hydrogen-bond acceptors (Lipinski definition) is 2. The topological polar surface area (TPSA) is 41.6 Å². The number of H-pyrrole nitrogens is 1. The van der Waals surface area contributed by atoms with Crippen LogP contribution in [0.25, 0.3) is 11.0 Å². The second-order valence-electron chi connectivity index (χ2n) is 2.04. The van der Waals surface area contributed by atoms with Crippen molar-refractivity contribution in [2.75, 3.05) is 0 Å². The summed E-state index contributed by atoms with van der Waals surface area (Å²) in [7, 11) is 0. The van der Waals surface area contributed by atoms with Gasteiger partial charge in [-0.3, -0.25) is 5.10 Å². The molecule has 1 N–H and O–H groups in total. The van der Waals surface area contributed by atoms with Gasteiger partial charge in [0.15, 0.2) is 5.65 Å². The summed E-state index contributed by atoms with van der Waals surface area (Å²) < 4.78 is 2.01. The molecule has 0 aliphatic rings. The van der Waals surface area contributed by atoms with Gasteiger partial charge in [0.2, 0.25) is 0 Å². The van der Waals surface area contributed by atoms with E-state index in [0.29, 0.717) is 0 Å². The van der Waals surface area contributed by atoms with Gasteiger partial charge in [-0.1, -0.05) is 0 Å². The molecule has 0 atom stereocenters. The summed E-state index contributed by atoms with van der Waals surface area (Å²) >= 11 is 4.37. The Morgan fingerprint density at radius 1 is 1.27 bits per heavy atom. The number of nitrogens with one attached hydrogen (secondary N) is 1. The predicted molar refractivity (Wildman–Crippen MR) is 59.3 cm³/mol. The Labute approximate surface area is 90.3 Å². The largest absolute Gasteiger partial charge is 0.269 e. The number of pyridine rings is 1. The molecule has 0 saturated heterocycles. The number of aromatic nitrogens is 3. The molecule has 2 aromatic heterocycles. The standard InChI is InChI=1S/C6H3I2N3/c7-4-2-1-3-5(8)10-11-6(3)9-4/h1-2H,(H,9,10,11). The van der Waals surface area contributed by atoms with Gasteiger partial charge in [-0.15, -0.1) is 0 Å².